The Morgan fingerprint density at radius 2 is 1.89 bits per heavy atom. The molecule has 194 valence electrons. The van der Waals surface area contributed by atoms with Gasteiger partial charge in [0, 0.05) is 62.7 Å². The molecule has 0 aromatic carbocycles. The van der Waals surface area contributed by atoms with E-state index in [-0.39, 0.29) is 18.9 Å². The lowest BCUT2D eigenvalue weighted by Crippen LogP contribution is -2.45. The lowest BCUT2D eigenvalue weighted by atomic mass is 10.2. The Hall–Kier alpha value is -3.94. The first-order valence-electron chi connectivity index (χ1n) is 12.5. The molecule has 3 aliphatic rings. The molecule has 3 aromatic rings. The van der Waals surface area contributed by atoms with Crippen LogP contribution in [0, 0.1) is 0 Å². The molecule has 0 spiro atoms. The second kappa shape index (κ2) is 9.84. The highest BCUT2D eigenvalue weighted by Crippen LogP contribution is 2.39. The molecule has 2 aliphatic heterocycles. The molecule has 0 radical (unpaired) electrons. The lowest BCUT2D eigenvalue weighted by Gasteiger charge is -2.33. The van der Waals surface area contributed by atoms with E-state index in [2.05, 4.69) is 57.6 Å². The molecule has 37 heavy (non-hydrogen) atoms. The van der Waals surface area contributed by atoms with Crippen LogP contribution in [0.5, 0.6) is 0 Å². The van der Waals surface area contributed by atoms with Gasteiger partial charge in [-0.3, -0.25) is 14.9 Å². The Morgan fingerprint density at radius 1 is 1.08 bits per heavy atom. The number of anilines is 5. The van der Waals surface area contributed by atoms with E-state index in [4.69, 9.17) is 4.98 Å². The Labute approximate surface area is 212 Å². The third-order valence-corrected chi connectivity index (χ3v) is 6.88. The highest BCUT2D eigenvalue weighted by atomic mass is 19.1. The molecule has 5 heterocycles. The Bertz CT molecular complexity index is 1240. The Morgan fingerprint density at radius 3 is 2.65 bits per heavy atom. The van der Waals surface area contributed by atoms with Crippen molar-refractivity contribution in [2.24, 2.45) is 0 Å². The number of nitrogens with zero attached hydrogens (tertiary/aromatic N) is 9. The van der Waals surface area contributed by atoms with Gasteiger partial charge in [0.25, 0.3) is 0 Å². The monoisotopic (exact) mass is 508 g/mol. The number of carbonyl (C=O) groups is 1. The van der Waals surface area contributed by atoms with E-state index >= 15 is 0 Å². The minimum absolute atomic E-state index is 0.00157. The third-order valence-electron chi connectivity index (χ3n) is 6.88. The molecule has 3 fully saturated rings. The van der Waals surface area contributed by atoms with Crippen molar-refractivity contribution >= 4 is 35.4 Å². The van der Waals surface area contributed by atoms with Gasteiger partial charge in [0.1, 0.15) is 12.2 Å². The summed E-state index contributed by atoms with van der Waals surface area (Å²) >= 11 is 0. The van der Waals surface area contributed by atoms with Crippen molar-refractivity contribution in [3.8, 4) is 0 Å². The molecule has 0 unspecified atom stereocenters. The fourth-order valence-electron chi connectivity index (χ4n) is 4.63. The van der Waals surface area contributed by atoms with Gasteiger partial charge in [0.15, 0.2) is 11.6 Å². The van der Waals surface area contributed by atoms with Crippen molar-refractivity contribution in [2.45, 2.75) is 37.4 Å². The molecule has 13 nitrogen and oxygen atoms in total. The van der Waals surface area contributed by atoms with Gasteiger partial charge in [-0.05, 0) is 19.9 Å². The Kier molecular flexibility index (Phi) is 6.24. The normalized spacial score (nSPS) is 22.3. The van der Waals surface area contributed by atoms with Gasteiger partial charge in [0.05, 0.1) is 12.7 Å². The van der Waals surface area contributed by atoms with Gasteiger partial charge in [-0.2, -0.15) is 20.1 Å². The van der Waals surface area contributed by atoms with Crippen LogP contribution in [0.3, 0.4) is 0 Å². The van der Waals surface area contributed by atoms with Gasteiger partial charge in [0.2, 0.25) is 23.8 Å². The fraction of sp³-hybridized carbons (Fsp3) is 0.522. The number of hydrogen-bond donors (Lipinski definition) is 3. The number of aromatic nitrogens is 7. The minimum Gasteiger partial charge on any atom is -0.338 e. The van der Waals surface area contributed by atoms with Gasteiger partial charge in [-0.1, -0.05) is 0 Å². The largest absolute Gasteiger partial charge is 0.338 e. The zero-order valence-corrected chi connectivity index (χ0v) is 20.5. The fourth-order valence-corrected chi connectivity index (χ4v) is 4.63. The van der Waals surface area contributed by atoms with Crippen LogP contribution in [0.4, 0.5) is 33.9 Å². The number of rotatable bonds is 7. The molecule has 1 saturated carbocycles. The third kappa shape index (κ3) is 5.28. The zero-order valence-electron chi connectivity index (χ0n) is 20.5. The predicted octanol–water partition coefficient (Wildman–Crippen LogP) is 1.31. The van der Waals surface area contributed by atoms with Crippen molar-refractivity contribution in [1.82, 2.24) is 40.0 Å². The number of nitrogens with one attached hydrogen (secondary N) is 3. The summed E-state index contributed by atoms with van der Waals surface area (Å²) < 4.78 is 14.7. The van der Waals surface area contributed by atoms with Crippen LogP contribution in [0.2, 0.25) is 0 Å². The van der Waals surface area contributed by atoms with E-state index in [9.17, 15) is 9.18 Å². The number of aromatic amines is 1. The molecule has 3 aromatic heterocycles. The van der Waals surface area contributed by atoms with Crippen LogP contribution in [-0.2, 0) is 4.79 Å². The molecule has 2 atom stereocenters. The molecule has 1 amide bonds. The molecular formula is C23H29FN12O. The first kappa shape index (κ1) is 23.5. The van der Waals surface area contributed by atoms with Gasteiger partial charge >= 0.3 is 0 Å². The number of alkyl halides is 1. The summed E-state index contributed by atoms with van der Waals surface area (Å²) in [6, 6.07) is 1.15. The smallest absolute Gasteiger partial charge is 0.248 e. The van der Waals surface area contributed by atoms with Gasteiger partial charge < -0.3 is 25.3 Å². The van der Waals surface area contributed by atoms with Crippen molar-refractivity contribution < 1.29 is 9.18 Å². The number of hydrogen-bond acceptors (Lipinski definition) is 11. The highest BCUT2D eigenvalue weighted by Gasteiger charge is 2.39. The summed E-state index contributed by atoms with van der Waals surface area (Å²) in [6.45, 7) is 3.23. The quantitative estimate of drug-likeness (QED) is 0.425. The second-order valence-electron chi connectivity index (χ2n) is 9.74. The topological polar surface area (TPSA) is 144 Å². The number of amides is 1. The van der Waals surface area contributed by atoms with E-state index in [1.165, 1.54) is 18.6 Å². The van der Waals surface area contributed by atoms with E-state index in [0.717, 1.165) is 44.7 Å². The number of halogens is 1. The Balaban J connectivity index is 1.29. The first-order chi connectivity index (χ1) is 18.0. The maximum atomic E-state index is 14.7. The number of likely N-dealkylation sites (N-methyl/N-ethyl adjacent to an activating group) is 1. The summed E-state index contributed by atoms with van der Waals surface area (Å²) in [7, 11) is 2.07. The molecule has 2 saturated heterocycles. The van der Waals surface area contributed by atoms with E-state index in [1.807, 2.05) is 6.07 Å². The number of carbonyl (C=O) groups excluding carboxylic acids is 1. The molecule has 0 bridgehead atoms. The van der Waals surface area contributed by atoms with Crippen molar-refractivity contribution in [3.05, 3.63) is 30.4 Å². The van der Waals surface area contributed by atoms with Gasteiger partial charge in [-0.25, -0.2) is 9.37 Å². The van der Waals surface area contributed by atoms with Crippen LogP contribution in [0.15, 0.2) is 24.7 Å². The van der Waals surface area contributed by atoms with Crippen molar-refractivity contribution in [1.29, 1.82) is 0 Å². The SMILES string of the molecule is CN1CCN(c2nc(Nc3cc(C4CC4)[nH]n3)nc(N3C[C@H](F)C[C@H]3C(=O)Nc3cnccn3)n2)CC1. The summed E-state index contributed by atoms with van der Waals surface area (Å²) in [6.07, 6.45) is 5.57. The number of piperazine rings is 1. The average Bonchev–Trinajstić information content (AvgIpc) is 3.52. The van der Waals surface area contributed by atoms with Crippen LogP contribution in [-0.4, -0.2) is 97.9 Å². The van der Waals surface area contributed by atoms with Crippen LogP contribution < -0.4 is 20.4 Å². The molecule has 1 aliphatic carbocycles. The predicted molar refractivity (Wildman–Crippen MR) is 135 cm³/mol. The average molecular weight is 509 g/mol. The number of H-pyrrole nitrogens is 1. The molecular weight excluding hydrogens is 479 g/mol. The summed E-state index contributed by atoms with van der Waals surface area (Å²) in [5.74, 6) is 2.05. The minimum atomic E-state index is -1.20. The lowest BCUT2D eigenvalue weighted by molar-refractivity contribution is -0.117. The van der Waals surface area contributed by atoms with Crippen LogP contribution in [0.1, 0.15) is 30.9 Å². The van der Waals surface area contributed by atoms with Crippen molar-refractivity contribution in [2.75, 3.05) is 60.2 Å². The molecule has 14 heteroatoms. The summed E-state index contributed by atoms with van der Waals surface area (Å²) in [5.41, 5.74) is 1.08. The van der Waals surface area contributed by atoms with Gasteiger partial charge in [-0.15, -0.1) is 0 Å². The van der Waals surface area contributed by atoms with Crippen molar-refractivity contribution in [3.63, 3.8) is 0 Å². The first-order valence-corrected chi connectivity index (χ1v) is 12.5. The maximum Gasteiger partial charge on any atom is 0.248 e. The highest BCUT2D eigenvalue weighted by molar-refractivity contribution is 5.96. The second-order valence-corrected chi connectivity index (χ2v) is 9.74. The summed E-state index contributed by atoms with van der Waals surface area (Å²) in [5, 5.41) is 13.3. The van der Waals surface area contributed by atoms with E-state index in [1.54, 1.807) is 4.90 Å². The van der Waals surface area contributed by atoms with Crippen LogP contribution in [0.25, 0.3) is 0 Å². The van der Waals surface area contributed by atoms with E-state index in [0.29, 0.717) is 29.5 Å². The summed E-state index contributed by atoms with van der Waals surface area (Å²) in [4.78, 5) is 41.0. The maximum absolute atomic E-state index is 14.7. The zero-order chi connectivity index (χ0) is 25.4. The standard InChI is InChI=1S/C23H29FN12O/c1-34-6-8-35(9-7-34)22-29-21(28-18-11-16(32-33-18)14-2-3-14)30-23(31-22)36-13-15(24)10-17(36)20(37)27-19-12-25-4-5-26-19/h4-5,11-12,14-15,17H,2-3,6-10,13H2,1H3,(H,26,27,37)(H2,28,29,30,31,32,33)/t15-,17+/m1/s1. The van der Waals surface area contributed by atoms with Crippen LogP contribution >= 0.6 is 0 Å². The molecule has 6 rings (SSSR count). The van der Waals surface area contributed by atoms with E-state index < -0.39 is 18.1 Å². The molecule has 3 N–H and O–H groups in total.